The van der Waals surface area contributed by atoms with Crippen LogP contribution in [0.15, 0.2) is 49.3 Å². The summed E-state index contributed by atoms with van der Waals surface area (Å²) >= 11 is 0. The minimum absolute atomic E-state index is 0.113. The maximum absolute atomic E-state index is 12.1. The molecular weight excluding hydrogens is 294 g/mol. The fourth-order valence-electron chi connectivity index (χ4n) is 2.21. The quantitative estimate of drug-likeness (QED) is 0.653. The molecule has 0 atom stereocenters. The molecule has 3 aromatic rings. The summed E-state index contributed by atoms with van der Waals surface area (Å²) in [5.74, 6) is 0.267. The van der Waals surface area contributed by atoms with Gasteiger partial charge in [-0.05, 0) is 30.7 Å². The van der Waals surface area contributed by atoms with Crippen molar-refractivity contribution >= 4 is 5.97 Å². The summed E-state index contributed by atoms with van der Waals surface area (Å²) in [6.45, 7) is 2.99. The highest BCUT2D eigenvalue weighted by atomic mass is 16.5. The Morgan fingerprint density at radius 1 is 1.22 bits per heavy atom. The number of benzene rings is 1. The third-order valence-electron chi connectivity index (χ3n) is 3.40. The van der Waals surface area contributed by atoms with Gasteiger partial charge in [0.2, 0.25) is 0 Å². The lowest BCUT2D eigenvalue weighted by atomic mass is 10.2. The van der Waals surface area contributed by atoms with E-state index in [4.69, 9.17) is 4.74 Å². The number of hydrogen-bond acceptors (Lipinski definition) is 5. The Morgan fingerprint density at radius 2 is 2.04 bits per heavy atom. The molecule has 0 aliphatic carbocycles. The van der Waals surface area contributed by atoms with Crippen molar-refractivity contribution in [1.82, 2.24) is 24.3 Å². The predicted molar refractivity (Wildman–Crippen MR) is 83.0 cm³/mol. The number of imidazole rings is 1. The molecule has 0 amide bonds. The highest BCUT2D eigenvalue weighted by Crippen LogP contribution is 2.11. The molecule has 2 aromatic heterocycles. The largest absolute Gasteiger partial charge is 0.454 e. The fourth-order valence-corrected chi connectivity index (χ4v) is 2.21. The second kappa shape index (κ2) is 6.87. The first-order valence-corrected chi connectivity index (χ1v) is 7.40. The Hall–Kier alpha value is -2.96. The summed E-state index contributed by atoms with van der Waals surface area (Å²) in [5, 5.41) is 7.82. The van der Waals surface area contributed by atoms with Crippen LogP contribution in [0.3, 0.4) is 0 Å². The number of esters is 1. The SMILES string of the molecule is CCCn1cnnc1COC(=O)c1ccc(-n2ccnc2)cc1. The summed E-state index contributed by atoms with van der Waals surface area (Å²) < 4.78 is 9.06. The molecule has 0 saturated carbocycles. The average molecular weight is 311 g/mol. The van der Waals surface area contributed by atoms with Crippen LogP contribution in [0.5, 0.6) is 0 Å². The van der Waals surface area contributed by atoms with Crippen molar-refractivity contribution in [3.05, 3.63) is 60.7 Å². The molecule has 118 valence electrons. The van der Waals surface area contributed by atoms with Crippen molar-refractivity contribution in [2.24, 2.45) is 0 Å². The zero-order chi connectivity index (χ0) is 16.1. The van der Waals surface area contributed by atoms with Gasteiger partial charge in [-0.15, -0.1) is 10.2 Å². The van der Waals surface area contributed by atoms with Crippen molar-refractivity contribution in [2.75, 3.05) is 0 Å². The number of carbonyl (C=O) groups is 1. The minimum atomic E-state index is -0.381. The molecule has 2 heterocycles. The summed E-state index contributed by atoms with van der Waals surface area (Å²) in [6, 6.07) is 7.15. The van der Waals surface area contributed by atoms with Crippen LogP contribution in [0.4, 0.5) is 0 Å². The topological polar surface area (TPSA) is 74.8 Å². The second-order valence-electron chi connectivity index (χ2n) is 5.03. The number of aryl methyl sites for hydroxylation is 1. The van der Waals surface area contributed by atoms with Gasteiger partial charge in [0.1, 0.15) is 6.33 Å². The molecule has 0 radical (unpaired) electrons. The number of ether oxygens (including phenoxy) is 1. The molecule has 23 heavy (non-hydrogen) atoms. The van der Waals surface area contributed by atoms with Crippen molar-refractivity contribution in [2.45, 2.75) is 26.5 Å². The molecule has 0 aliphatic rings. The summed E-state index contributed by atoms with van der Waals surface area (Å²) in [5.41, 5.74) is 1.43. The predicted octanol–water partition coefficient (Wildman–Crippen LogP) is 2.23. The Labute approximate surface area is 133 Å². The smallest absolute Gasteiger partial charge is 0.338 e. The van der Waals surface area contributed by atoms with Crippen molar-refractivity contribution in [3.8, 4) is 5.69 Å². The van der Waals surface area contributed by atoms with Crippen LogP contribution in [-0.4, -0.2) is 30.3 Å². The van der Waals surface area contributed by atoms with Gasteiger partial charge in [-0.25, -0.2) is 9.78 Å². The molecule has 0 unspecified atom stereocenters. The Bertz CT molecular complexity index is 762. The van der Waals surface area contributed by atoms with Gasteiger partial charge in [-0.1, -0.05) is 6.92 Å². The van der Waals surface area contributed by atoms with Crippen LogP contribution in [0.1, 0.15) is 29.5 Å². The van der Waals surface area contributed by atoms with Gasteiger partial charge in [0.15, 0.2) is 12.4 Å². The first-order chi connectivity index (χ1) is 11.3. The van der Waals surface area contributed by atoms with E-state index >= 15 is 0 Å². The van der Waals surface area contributed by atoms with Gasteiger partial charge in [-0.2, -0.15) is 0 Å². The Morgan fingerprint density at radius 3 is 2.74 bits per heavy atom. The van der Waals surface area contributed by atoms with Gasteiger partial charge in [0.25, 0.3) is 0 Å². The first-order valence-electron chi connectivity index (χ1n) is 7.40. The third kappa shape index (κ3) is 3.45. The van der Waals surface area contributed by atoms with Gasteiger partial charge >= 0.3 is 5.97 Å². The molecule has 1 aromatic carbocycles. The Balaban J connectivity index is 1.63. The lowest BCUT2D eigenvalue weighted by molar-refractivity contribution is 0.0457. The lowest BCUT2D eigenvalue weighted by Crippen LogP contribution is -2.10. The zero-order valence-electron chi connectivity index (χ0n) is 12.8. The summed E-state index contributed by atoms with van der Waals surface area (Å²) in [7, 11) is 0. The van der Waals surface area contributed by atoms with Gasteiger partial charge in [-0.3, -0.25) is 0 Å². The van der Waals surface area contributed by atoms with Crippen LogP contribution >= 0.6 is 0 Å². The number of rotatable bonds is 6. The van der Waals surface area contributed by atoms with E-state index in [2.05, 4.69) is 22.1 Å². The molecule has 0 fully saturated rings. The van der Waals surface area contributed by atoms with Crippen LogP contribution in [-0.2, 0) is 17.9 Å². The van der Waals surface area contributed by atoms with Crippen molar-refractivity contribution in [1.29, 1.82) is 0 Å². The monoisotopic (exact) mass is 311 g/mol. The molecule has 7 heteroatoms. The number of aromatic nitrogens is 5. The van der Waals surface area contributed by atoms with E-state index in [9.17, 15) is 4.79 Å². The molecule has 0 spiro atoms. The van der Waals surface area contributed by atoms with Gasteiger partial charge in [0, 0.05) is 24.6 Å². The van der Waals surface area contributed by atoms with Crippen LogP contribution in [0, 0.1) is 0 Å². The highest BCUT2D eigenvalue weighted by Gasteiger charge is 2.10. The van der Waals surface area contributed by atoms with E-state index in [1.807, 2.05) is 27.5 Å². The van der Waals surface area contributed by atoms with Crippen LogP contribution in [0.2, 0.25) is 0 Å². The molecule has 0 bridgehead atoms. The number of carbonyl (C=O) groups excluding carboxylic acids is 1. The standard InChI is InChI=1S/C16H17N5O2/c1-2-8-21-12-18-19-15(21)10-23-16(22)13-3-5-14(6-4-13)20-9-7-17-11-20/h3-7,9,11-12H,2,8,10H2,1H3. The van der Waals surface area contributed by atoms with Crippen molar-refractivity contribution < 1.29 is 9.53 Å². The summed E-state index contributed by atoms with van der Waals surface area (Å²) in [6.07, 6.45) is 7.86. The molecular formula is C16H17N5O2. The number of hydrogen-bond donors (Lipinski definition) is 0. The maximum atomic E-state index is 12.1. The van der Waals surface area contributed by atoms with E-state index in [0.717, 1.165) is 18.7 Å². The van der Waals surface area contributed by atoms with Gasteiger partial charge in [0.05, 0.1) is 11.9 Å². The average Bonchev–Trinajstić information content (AvgIpc) is 3.25. The second-order valence-corrected chi connectivity index (χ2v) is 5.03. The lowest BCUT2D eigenvalue weighted by Gasteiger charge is -2.07. The van der Waals surface area contributed by atoms with E-state index < -0.39 is 0 Å². The summed E-state index contributed by atoms with van der Waals surface area (Å²) in [4.78, 5) is 16.1. The van der Waals surface area contributed by atoms with Gasteiger partial charge < -0.3 is 13.9 Å². The van der Waals surface area contributed by atoms with E-state index in [-0.39, 0.29) is 12.6 Å². The zero-order valence-corrected chi connectivity index (χ0v) is 12.8. The van der Waals surface area contributed by atoms with E-state index in [1.165, 1.54) is 0 Å². The first kappa shape index (κ1) is 15.0. The maximum Gasteiger partial charge on any atom is 0.338 e. The van der Waals surface area contributed by atoms with Crippen LogP contribution < -0.4 is 0 Å². The minimum Gasteiger partial charge on any atom is -0.454 e. The molecule has 0 aliphatic heterocycles. The molecule has 0 saturated heterocycles. The van der Waals surface area contributed by atoms with Crippen molar-refractivity contribution in [3.63, 3.8) is 0 Å². The van der Waals surface area contributed by atoms with E-state index in [1.54, 1.807) is 31.0 Å². The highest BCUT2D eigenvalue weighted by molar-refractivity contribution is 5.89. The fraction of sp³-hybridized carbons (Fsp3) is 0.250. The van der Waals surface area contributed by atoms with E-state index in [0.29, 0.717) is 11.4 Å². The molecule has 0 N–H and O–H groups in total. The third-order valence-corrected chi connectivity index (χ3v) is 3.40. The van der Waals surface area contributed by atoms with Crippen LogP contribution in [0.25, 0.3) is 5.69 Å². The normalized spacial score (nSPS) is 10.7. The Kier molecular flexibility index (Phi) is 4.46. The molecule has 3 rings (SSSR count). The number of nitrogens with zero attached hydrogens (tertiary/aromatic N) is 5. The molecule has 7 nitrogen and oxygen atoms in total.